The van der Waals surface area contributed by atoms with Gasteiger partial charge in [0.1, 0.15) is 5.82 Å². The third-order valence-electron chi connectivity index (χ3n) is 4.38. The number of nitrogens with one attached hydrogen (secondary N) is 1. The highest BCUT2D eigenvalue weighted by molar-refractivity contribution is 7.99. The number of thioether (sulfide) groups is 1. The predicted octanol–water partition coefficient (Wildman–Crippen LogP) is 2.50. The molecule has 0 bridgehead atoms. The van der Waals surface area contributed by atoms with E-state index in [4.69, 9.17) is 11.6 Å². The van der Waals surface area contributed by atoms with Crippen molar-refractivity contribution in [2.75, 3.05) is 29.5 Å². The van der Waals surface area contributed by atoms with E-state index >= 15 is 0 Å². The maximum atomic E-state index is 12.7. The van der Waals surface area contributed by atoms with Crippen LogP contribution in [0.3, 0.4) is 0 Å². The Labute approximate surface area is 166 Å². The summed E-state index contributed by atoms with van der Waals surface area (Å²) in [6.07, 6.45) is 1.90. The van der Waals surface area contributed by atoms with Gasteiger partial charge >= 0.3 is 0 Å². The topological polar surface area (TPSA) is 75.9 Å². The molecule has 0 unspecified atom stereocenters. The fourth-order valence-corrected chi connectivity index (χ4v) is 4.12. The summed E-state index contributed by atoms with van der Waals surface area (Å²) in [5.74, 6) is 2.65. The van der Waals surface area contributed by atoms with Gasteiger partial charge in [-0.15, -0.1) is 0 Å². The van der Waals surface area contributed by atoms with Gasteiger partial charge in [-0.3, -0.25) is 9.48 Å². The maximum absolute atomic E-state index is 12.7. The van der Waals surface area contributed by atoms with E-state index in [9.17, 15) is 4.79 Å². The van der Waals surface area contributed by atoms with Crippen LogP contribution >= 0.6 is 23.4 Å². The number of hydrogen-bond acceptors (Lipinski definition) is 6. The number of aryl methyl sites for hydroxylation is 1. The lowest BCUT2D eigenvalue weighted by Crippen LogP contribution is -2.34. The molecule has 1 aliphatic rings. The zero-order valence-electron chi connectivity index (χ0n) is 14.9. The van der Waals surface area contributed by atoms with Crippen LogP contribution in [-0.4, -0.2) is 50.3 Å². The smallest absolute Gasteiger partial charge is 0.289 e. The van der Waals surface area contributed by atoms with Crippen molar-refractivity contribution in [2.45, 2.75) is 6.54 Å². The van der Waals surface area contributed by atoms with Gasteiger partial charge in [0.2, 0.25) is 5.82 Å². The minimum atomic E-state index is -0.338. The standard InChI is InChI=1S/C18H19ClN6OS/c1-24-11-13-15(23-24)21-16(22-17(13)25-6-8-27-9-7-25)18(26)20-10-12-4-2-3-5-14(12)19/h2-5,11H,6-10H2,1H3,(H,20,26). The lowest BCUT2D eigenvalue weighted by Gasteiger charge is -2.27. The Bertz CT molecular complexity index is 985. The summed E-state index contributed by atoms with van der Waals surface area (Å²) >= 11 is 8.08. The summed E-state index contributed by atoms with van der Waals surface area (Å²) in [5, 5.41) is 8.71. The van der Waals surface area contributed by atoms with E-state index in [-0.39, 0.29) is 11.7 Å². The van der Waals surface area contributed by atoms with E-state index in [1.54, 1.807) is 10.7 Å². The molecule has 9 heteroatoms. The molecule has 27 heavy (non-hydrogen) atoms. The first kappa shape index (κ1) is 18.1. The van der Waals surface area contributed by atoms with E-state index < -0.39 is 0 Å². The third kappa shape index (κ3) is 3.86. The molecule has 1 aliphatic heterocycles. The SMILES string of the molecule is Cn1cc2c(N3CCSCC3)nc(C(=O)NCc3ccccc3Cl)nc2n1. The zero-order chi connectivity index (χ0) is 18.8. The minimum absolute atomic E-state index is 0.126. The van der Waals surface area contributed by atoms with Crippen molar-refractivity contribution in [2.24, 2.45) is 7.05 Å². The van der Waals surface area contributed by atoms with Gasteiger partial charge in [0.25, 0.3) is 5.91 Å². The second-order valence-corrected chi connectivity index (χ2v) is 7.92. The van der Waals surface area contributed by atoms with Crippen LogP contribution < -0.4 is 10.2 Å². The summed E-state index contributed by atoms with van der Waals surface area (Å²) in [6, 6.07) is 7.42. The molecule has 1 aromatic carbocycles. The number of aromatic nitrogens is 4. The molecular weight excluding hydrogens is 384 g/mol. The predicted molar refractivity (Wildman–Crippen MR) is 108 cm³/mol. The average molecular weight is 403 g/mol. The van der Waals surface area contributed by atoms with Gasteiger partial charge < -0.3 is 10.2 Å². The number of amides is 1. The summed E-state index contributed by atoms with van der Waals surface area (Å²) in [7, 11) is 1.84. The molecule has 1 fully saturated rings. The summed E-state index contributed by atoms with van der Waals surface area (Å²) < 4.78 is 1.70. The highest BCUT2D eigenvalue weighted by Crippen LogP contribution is 2.25. The first-order valence-corrected chi connectivity index (χ1v) is 10.2. The van der Waals surface area contributed by atoms with Crippen molar-refractivity contribution in [1.29, 1.82) is 0 Å². The van der Waals surface area contributed by atoms with Crippen molar-refractivity contribution in [3.63, 3.8) is 0 Å². The van der Waals surface area contributed by atoms with Crippen LogP contribution in [0.2, 0.25) is 5.02 Å². The fourth-order valence-electron chi connectivity index (χ4n) is 3.02. The molecule has 0 saturated carbocycles. The number of carbonyl (C=O) groups excluding carboxylic acids is 1. The van der Waals surface area contributed by atoms with Gasteiger partial charge in [0.15, 0.2) is 5.65 Å². The quantitative estimate of drug-likeness (QED) is 0.722. The van der Waals surface area contributed by atoms with E-state index in [0.717, 1.165) is 41.4 Å². The molecule has 0 radical (unpaired) electrons. The van der Waals surface area contributed by atoms with E-state index in [1.165, 1.54) is 0 Å². The number of benzene rings is 1. The molecule has 140 valence electrons. The van der Waals surface area contributed by atoms with Crippen molar-refractivity contribution >= 4 is 46.1 Å². The van der Waals surface area contributed by atoms with Crippen molar-refractivity contribution in [3.8, 4) is 0 Å². The van der Waals surface area contributed by atoms with Crippen LogP contribution in [-0.2, 0) is 13.6 Å². The molecule has 0 atom stereocenters. The number of nitrogens with zero attached hydrogens (tertiary/aromatic N) is 5. The second kappa shape index (κ2) is 7.74. The number of rotatable bonds is 4. The molecule has 2 aromatic heterocycles. The Hall–Kier alpha value is -2.32. The Morgan fingerprint density at radius 3 is 2.81 bits per heavy atom. The Kier molecular flexibility index (Phi) is 5.18. The molecule has 4 rings (SSSR count). The largest absolute Gasteiger partial charge is 0.354 e. The molecule has 1 saturated heterocycles. The van der Waals surface area contributed by atoms with E-state index in [1.807, 2.05) is 43.2 Å². The number of carbonyl (C=O) groups is 1. The summed E-state index contributed by atoms with van der Waals surface area (Å²) in [4.78, 5) is 23.8. The average Bonchev–Trinajstić information content (AvgIpc) is 3.07. The first-order chi connectivity index (χ1) is 13.1. The molecule has 7 nitrogen and oxygen atoms in total. The van der Waals surface area contributed by atoms with Crippen LogP contribution in [0.1, 0.15) is 16.2 Å². The summed E-state index contributed by atoms with van der Waals surface area (Å²) in [5.41, 5.74) is 1.38. The molecule has 1 N–H and O–H groups in total. The second-order valence-electron chi connectivity index (χ2n) is 6.28. The van der Waals surface area contributed by atoms with Crippen molar-refractivity contribution in [3.05, 3.63) is 46.9 Å². The van der Waals surface area contributed by atoms with Gasteiger partial charge in [-0.25, -0.2) is 9.97 Å². The number of anilines is 1. The van der Waals surface area contributed by atoms with Crippen LogP contribution in [0.15, 0.2) is 30.5 Å². The van der Waals surface area contributed by atoms with E-state index in [0.29, 0.717) is 17.2 Å². The Morgan fingerprint density at radius 1 is 1.26 bits per heavy atom. The molecule has 1 amide bonds. The molecule has 0 aliphatic carbocycles. The number of hydrogen-bond donors (Lipinski definition) is 1. The highest BCUT2D eigenvalue weighted by atomic mass is 35.5. The van der Waals surface area contributed by atoms with Crippen LogP contribution in [0.5, 0.6) is 0 Å². The van der Waals surface area contributed by atoms with Gasteiger partial charge in [-0.05, 0) is 11.6 Å². The fraction of sp³-hybridized carbons (Fsp3) is 0.333. The minimum Gasteiger partial charge on any atom is -0.354 e. The molecular formula is C18H19ClN6OS. The maximum Gasteiger partial charge on any atom is 0.289 e. The lowest BCUT2D eigenvalue weighted by molar-refractivity contribution is 0.0941. The van der Waals surface area contributed by atoms with Crippen LogP contribution in [0.4, 0.5) is 5.82 Å². The molecule has 3 aromatic rings. The summed E-state index contributed by atoms with van der Waals surface area (Å²) in [6.45, 7) is 2.11. The first-order valence-electron chi connectivity index (χ1n) is 8.67. The molecule has 0 spiro atoms. The zero-order valence-corrected chi connectivity index (χ0v) is 16.4. The van der Waals surface area contributed by atoms with Crippen LogP contribution in [0.25, 0.3) is 11.0 Å². The normalized spacial score (nSPS) is 14.5. The van der Waals surface area contributed by atoms with E-state index in [2.05, 4.69) is 25.3 Å². The van der Waals surface area contributed by atoms with Gasteiger partial charge in [-0.2, -0.15) is 16.9 Å². The number of fused-ring (bicyclic) bond motifs is 1. The van der Waals surface area contributed by atoms with Gasteiger partial charge in [0, 0.05) is 49.4 Å². The monoisotopic (exact) mass is 402 g/mol. The van der Waals surface area contributed by atoms with Crippen molar-refractivity contribution in [1.82, 2.24) is 25.1 Å². The van der Waals surface area contributed by atoms with Crippen molar-refractivity contribution < 1.29 is 4.79 Å². The molecule has 3 heterocycles. The third-order valence-corrected chi connectivity index (χ3v) is 5.70. The number of halogens is 1. The Balaban J connectivity index is 1.62. The van der Waals surface area contributed by atoms with Gasteiger partial charge in [-0.1, -0.05) is 29.8 Å². The van der Waals surface area contributed by atoms with Gasteiger partial charge in [0.05, 0.1) is 5.39 Å². The lowest BCUT2D eigenvalue weighted by atomic mass is 10.2. The highest BCUT2D eigenvalue weighted by Gasteiger charge is 2.21. The van der Waals surface area contributed by atoms with Crippen LogP contribution in [0, 0.1) is 0 Å². The Morgan fingerprint density at radius 2 is 2.04 bits per heavy atom.